The Labute approximate surface area is 162 Å². The molecule has 0 saturated carbocycles. The lowest BCUT2D eigenvalue weighted by Gasteiger charge is -2.24. The number of hydrogen-bond acceptors (Lipinski definition) is 4. The van der Waals surface area contributed by atoms with E-state index < -0.39 is 5.60 Å². The Hall–Kier alpha value is -2.34. The van der Waals surface area contributed by atoms with Crippen LogP contribution in [0.4, 0.5) is 10.5 Å². The van der Waals surface area contributed by atoms with E-state index in [1.807, 2.05) is 64.9 Å². The zero-order valence-corrected chi connectivity index (χ0v) is 17.5. The minimum atomic E-state index is -0.533. The zero-order chi connectivity index (χ0) is 20.4. The predicted molar refractivity (Wildman–Crippen MR) is 108 cm³/mol. The van der Waals surface area contributed by atoms with E-state index in [-0.39, 0.29) is 12.0 Å². The Morgan fingerprint density at radius 3 is 2.44 bits per heavy atom. The number of carbonyl (C=O) groups is 2. The number of rotatable bonds is 4. The van der Waals surface area contributed by atoms with Gasteiger partial charge in [0.2, 0.25) is 5.91 Å². The molecule has 2 amide bonds. The number of likely N-dealkylation sites (N-methyl/N-ethyl adjacent to an activating group) is 2. The summed E-state index contributed by atoms with van der Waals surface area (Å²) in [7, 11) is 5.69. The molecule has 27 heavy (non-hydrogen) atoms. The summed E-state index contributed by atoms with van der Waals surface area (Å²) in [6, 6.07) is 4.03. The monoisotopic (exact) mass is 373 g/mol. The van der Waals surface area contributed by atoms with Crippen LogP contribution in [-0.4, -0.2) is 55.1 Å². The number of anilines is 1. The Kier molecular flexibility index (Phi) is 6.31. The highest BCUT2D eigenvalue weighted by Crippen LogP contribution is 2.35. The topological polar surface area (TPSA) is 53.1 Å². The van der Waals surface area contributed by atoms with Gasteiger partial charge in [-0.1, -0.05) is 18.2 Å². The van der Waals surface area contributed by atoms with E-state index in [2.05, 4.69) is 0 Å². The molecule has 6 heteroatoms. The molecular formula is C21H31N3O3. The molecule has 148 valence electrons. The minimum Gasteiger partial charge on any atom is -0.444 e. The van der Waals surface area contributed by atoms with E-state index >= 15 is 0 Å². The van der Waals surface area contributed by atoms with Gasteiger partial charge in [-0.05, 0) is 52.9 Å². The molecule has 6 nitrogen and oxygen atoms in total. The van der Waals surface area contributed by atoms with Crippen molar-refractivity contribution in [1.82, 2.24) is 9.80 Å². The average molecular weight is 373 g/mol. The standard InChI is InChI=1S/C21H31N3O3/c1-15-10-11-16-13-24(20(26)27-21(2,3)4)14-17(16)19(15)23(7)18(25)9-8-12-22(5)6/h8-11H,12-14H2,1-7H3/b9-8+. The van der Waals surface area contributed by atoms with Crippen molar-refractivity contribution < 1.29 is 14.3 Å². The largest absolute Gasteiger partial charge is 0.444 e. The summed E-state index contributed by atoms with van der Waals surface area (Å²) in [5.74, 6) is -0.0796. The predicted octanol–water partition coefficient (Wildman–Crippen LogP) is 3.33. The van der Waals surface area contributed by atoms with Crippen molar-refractivity contribution in [3.05, 3.63) is 41.0 Å². The third-order valence-electron chi connectivity index (χ3n) is 4.34. The molecular weight excluding hydrogens is 342 g/mol. The molecule has 0 radical (unpaired) electrons. The van der Waals surface area contributed by atoms with Crippen molar-refractivity contribution in [2.45, 2.75) is 46.4 Å². The Balaban J connectivity index is 2.22. The SMILES string of the molecule is Cc1ccc2c(c1N(C)C(=O)/C=C/CN(C)C)CN(C(=O)OC(C)(C)C)C2. The van der Waals surface area contributed by atoms with Crippen molar-refractivity contribution >= 4 is 17.7 Å². The van der Waals surface area contributed by atoms with Crippen LogP contribution < -0.4 is 4.90 Å². The fourth-order valence-corrected chi connectivity index (χ4v) is 3.08. The fourth-order valence-electron chi connectivity index (χ4n) is 3.08. The van der Waals surface area contributed by atoms with E-state index in [4.69, 9.17) is 4.74 Å². The van der Waals surface area contributed by atoms with Crippen LogP contribution in [-0.2, 0) is 22.6 Å². The Morgan fingerprint density at radius 2 is 1.85 bits per heavy atom. The number of nitrogens with zero attached hydrogens (tertiary/aromatic N) is 3. The molecule has 0 bridgehead atoms. The van der Waals surface area contributed by atoms with Crippen molar-refractivity contribution in [2.75, 3.05) is 32.6 Å². The van der Waals surface area contributed by atoms with Crippen molar-refractivity contribution in [3.8, 4) is 0 Å². The summed E-state index contributed by atoms with van der Waals surface area (Å²) in [6.07, 6.45) is 3.12. The molecule has 0 unspecified atom stereocenters. The molecule has 0 spiro atoms. The molecule has 0 aliphatic carbocycles. The van der Waals surface area contributed by atoms with Crippen molar-refractivity contribution in [3.63, 3.8) is 0 Å². The van der Waals surface area contributed by atoms with Gasteiger partial charge in [0.15, 0.2) is 0 Å². The van der Waals surface area contributed by atoms with E-state index in [0.717, 1.165) is 22.4 Å². The van der Waals surface area contributed by atoms with Crippen LogP contribution in [0.15, 0.2) is 24.3 Å². The van der Waals surface area contributed by atoms with Crippen molar-refractivity contribution in [2.24, 2.45) is 0 Å². The second kappa shape index (κ2) is 8.13. The first kappa shape index (κ1) is 21.0. The number of fused-ring (bicyclic) bond motifs is 1. The number of carbonyl (C=O) groups excluding carboxylic acids is 2. The number of amides is 2. The van der Waals surface area contributed by atoms with Crippen LogP contribution in [0.1, 0.15) is 37.5 Å². The van der Waals surface area contributed by atoms with Crippen molar-refractivity contribution in [1.29, 1.82) is 0 Å². The van der Waals surface area contributed by atoms with E-state index in [1.165, 1.54) is 0 Å². The van der Waals surface area contributed by atoms with Gasteiger partial charge in [-0.25, -0.2) is 4.79 Å². The van der Waals surface area contributed by atoms with E-state index in [9.17, 15) is 9.59 Å². The second-order valence-corrected chi connectivity index (χ2v) is 8.27. The summed E-state index contributed by atoms with van der Waals surface area (Å²) < 4.78 is 5.50. The Morgan fingerprint density at radius 1 is 1.19 bits per heavy atom. The van der Waals surface area contributed by atoms with Gasteiger partial charge in [-0.3, -0.25) is 9.69 Å². The first-order valence-electron chi connectivity index (χ1n) is 9.18. The van der Waals surface area contributed by atoms with Gasteiger partial charge in [0.1, 0.15) is 5.60 Å². The molecule has 1 aliphatic heterocycles. The maximum Gasteiger partial charge on any atom is 0.410 e. The Bertz CT molecular complexity index is 748. The van der Waals surface area contributed by atoms with Gasteiger partial charge in [0.25, 0.3) is 0 Å². The first-order chi connectivity index (χ1) is 12.5. The van der Waals surface area contributed by atoms with E-state index in [1.54, 1.807) is 22.9 Å². The molecule has 1 aromatic carbocycles. The maximum absolute atomic E-state index is 12.6. The average Bonchev–Trinajstić information content (AvgIpc) is 2.96. The van der Waals surface area contributed by atoms with Crippen LogP contribution in [0.5, 0.6) is 0 Å². The summed E-state index contributed by atoms with van der Waals surface area (Å²) in [6.45, 7) is 9.20. The third-order valence-corrected chi connectivity index (χ3v) is 4.34. The van der Waals surface area contributed by atoms with Gasteiger partial charge in [0.05, 0.1) is 12.2 Å². The number of benzene rings is 1. The zero-order valence-electron chi connectivity index (χ0n) is 17.5. The second-order valence-electron chi connectivity index (χ2n) is 8.27. The van der Waals surface area contributed by atoms with Crippen LogP contribution in [0.2, 0.25) is 0 Å². The van der Waals surface area contributed by atoms with Crippen LogP contribution in [0.3, 0.4) is 0 Å². The molecule has 0 N–H and O–H groups in total. The van der Waals surface area contributed by atoms with Crippen LogP contribution >= 0.6 is 0 Å². The lowest BCUT2D eigenvalue weighted by atomic mass is 10.0. The smallest absolute Gasteiger partial charge is 0.410 e. The lowest BCUT2D eigenvalue weighted by molar-refractivity contribution is -0.113. The third kappa shape index (κ3) is 5.32. The molecule has 1 aromatic rings. The van der Waals surface area contributed by atoms with E-state index in [0.29, 0.717) is 19.6 Å². The summed E-state index contributed by atoms with van der Waals surface area (Å²) >= 11 is 0. The highest BCUT2D eigenvalue weighted by Gasteiger charge is 2.31. The molecule has 2 rings (SSSR count). The van der Waals surface area contributed by atoms with Gasteiger partial charge >= 0.3 is 6.09 Å². The maximum atomic E-state index is 12.6. The normalized spacial score (nSPS) is 14.0. The molecule has 0 fully saturated rings. The van der Waals surface area contributed by atoms with Gasteiger partial charge in [0, 0.05) is 31.8 Å². The van der Waals surface area contributed by atoms with Gasteiger partial charge in [-0.15, -0.1) is 0 Å². The molecule has 0 atom stereocenters. The highest BCUT2D eigenvalue weighted by molar-refractivity contribution is 6.02. The summed E-state index contributed by atoms with van der Waals surface area (Å²) in [5.41, 5.74) is 3.42. The summed E-state index contributed by atoms with van der Waals surface area (Å²) in [5, 5.41) is 0. The molecule has 0 aromatic heterocycles. The lowest BCUT2D eigenvalue weighted by Crippen LogP contribution is -2.33. The summed E-state index contributed by atoms with van der Waals surface area (Å²) in [4.78, 5) is 30.4. The molecule has 1 heterocycles. The molecule has 1 aliphatic rings. The number of aryl methyl sites for hydroxylation is 1. The highest BCUT2D eigenvalue weighted by atomic mass is 16.6. The first-order valence-corrected chi connectivity index (χ1v) is 9.18. The minimum absolute atomic E-state index is 0.0796. The fraction of sp³-hybridized carbons (Fsp3) is 0.524. The van der Waals surface area contributed by atoms with Gasteiger partial charge < -0.3 is 14.5 Å². The quantitative estimate of drug-likeness (QED) is 0.760. The number of hydrogen-bond donors (Lipinski definition) is 0. The van der Waals surface area contributed by atoms with Gasteiger partial charge in [-0.2, -0.15) is 0 Å². The van der Waals surface area contributed by atoms with Crippen LogP contribution in [0.25, 0.3) is 0 Å². The molecule has 0 saturated heterocycles. The number of ether oxygens (including phenoxy) is 1. The van der Waals surface area contributed by atoms with Crippen LogP contribution in [0, 0.1) is 6.92 Å².